The molecule has 1 aliphatic heterocycles. The van der Waals surface area contributed by atoms with Crippen LogP contribution in [-0.4, -0.2) is 49.6 Å². The average molecular weight is 444 g/mol. The maximum absolute atomic E-state index is 13.4. The van der Waals surface area contributed by atoms with E-state index in [0.717, 1.165) is 6.07 Å². The summed E-state index contributed by atoms with van der Waals surface area (Å²) < 4.78 is 41.6. The second-order valence-electron chi connectivity index (χ2n) is 8.46. The predicted octanol–water partition coefficient (Wildman–Crippen LogP) is 3.71. The minimum Gasteiger partial charge on any atom is -0.478 e. The molecule has 166 valence electrons. The minimum atomic E-state index is -4.39. The highest BCUT2D eigenvalue weighted by atomic mass is 19.4. The number of hydrogen-bond acceptors (Lipinski definition) is 4. The summed E-state index contributed by atoms with van der Waals surface area (Å²) in [5.74, 6) is -1.42. The van der Waals surface area contributed by atoms with Gasteiger partial charge in [-0.25, -0.2) is 4.79 Å². The normalized spacial score (nSPS) is 23.0. The van der Waals surface area contributed by atoms with Crippen LogP contribution in [0.5, 0.6) is 0 Å². The van der Waals surface area contributed by atoms with E-state index in [2.05, 4.69) is 10.2 Å². The number of alkyl halides is 3. The predicted molar refractivity (Wildman–Crippen MR) is 106 cm³/mol. The molecular weight excluding hydrogens is 425 g/mol. The van der Waals surface area contributed by atoms with Gasteiger partial charge in [0, 0.05) is 19.3 Å². The number of halogens is 3. The first-order valence-corrected chi connectivity index (χ1v) is 10.3. The minimum absolute atomic E-state index is 0.0100. The molecule has 0 spiro atoms. The molecule has 0 radical (unpaired) electrons. The number of amides is 1. The first-order chi connectivity index (χ1) is 15.2. The number of aromatic carboxylic acids is 1. The third-order valence-corrected chi connectivity index (χ3v) is 6.58. The van der Waals surface area contributed by atoms with E-state index in [9.17, 15) is 27.9 Å². The van der Waals surface area contributed by atoms with Crippen LogP contribution in [0.4, 0.5) is 13.2 Å². The first-order valence-electron chi connectivity index (χ1n) is 10.3. The van der Waals surface area contributed by atoms with Gasteiger partial charge in [-0.05, 0) is 54.4 Å². The number of aromatic nitrogens is 3. The summed E-state index contributed by atoms with van der Waals surface area (Å²) in [4.78, 5) is 26.0. The van der Waals surface area contributed by atoms with Crippen LogP contribution in [0, 0.1) is 11.8 Å². The van der Waals surface area contributed by atoms with Gasteiger partial charge in [-0.1, -0.05) is 18.2 Å². The van der Waals surface area contributed by atoms with Crippen molar-refractivity contribution in [2.45, 2.75) is 24.9 Å². The number of carboxylic acids is 1. The Kier molecular flexibility index (Phi) is 4.68. The second-order valence-corrected chi connectivity index (χ2v) is 8.46. The highest BCUT2D eigenvalue weighted by Crippen LogP contribution is 2.49. The van der Waals surface area contributed by atoms with Crippen LogP contribution in [0.2, 0.25) is 0 Å². The van der Waals surface area contributed by atoms with Crippen LogP contribution in [0.3, 0.4) is 0 Å². The Bertz CT molecular complexity index is 1210. The number of benzene rings is 1. The average Bonchev–Trinajstić information content (AvgIpc) is 3.45. The smallest absolute Gasteiger partial charge is 0.416 e. The van der Waals surface area contributed by atoms with Crippen molar-refractivity contribution in [3.8, 4) is 0 Å². The molecule has 1 aliphatic carbocycles. The number of nitrogens with zero attached hydrogens (tertiary/aromatic N) is 4. The van der Waals surface area contributed by atoms with E-state index in [0.29, 0.717) is 37.1 Å². The van der Waals surface area contributed by atoms with Gasteiger partial charge in [-0.2, -0.15) is 13.2 Å². The molecule has 2 unspecified atom stereocenters. The van der Waals surface area contributed by atoms with Crippen molar-refractivity contribution in [2.75, 3.05) is 13.1 Å². The van der Waals surface area contributed by atoms with Crippen LogP contribution in [0.1, 0.15) is 50.9 Å². The fourth-order valence-corrected chi connectivity index (χ4v) is 5.14. The van der Waals surface area contributed by atoms with Gasteiger partial charge in [0.1, 0.15) is 0 Å². The standard InChI is InChI=1S/C22H19F3N4O3/c23-22(24,25)17-4-2-1-3-16(17)13-7-14-9-28(10-15(14)8-13)20(30)19-27-26-18-6-5-12(21(31)32)11-29(18)19/h1-6,11,13-15H,7-10H2,(H,31,32). The Morgan fingerprint density at radius 2 is 1.69 bits per heavy atom. The monoisotopic (exact) mass is 444 g/mol. The molecule has 1 amide bonds. The lowest BCUT2D eigenvalue weighted by Crippen LogP contribution is -2.31. The number of carboxylic acid groups (broad SMARTS) is 1. The Labute approximate surface area is 180 Å². The summed E-state index contributed by atoms with van der Waals surface area (Å²) in [6.07, 6.45) is -1.90. The van der Waals surface area contributed by atoms with Crippen molar-refractivity contribution in [2.24, 2.45) is 11.8 Å². The molecule has 2 fully saturated rings. The number of likely N-dealkylation sites (tertiary alicyclic amines) is 1. The molecule has 2 atom stereocenters. The number of hydrogen-bond donors (Lipinski definition) is 1. The highest BCUT2D eigenvalue weighted by molar-refractivity contribution is 5.92. The molecule has 7 nitrogen and oxygen atoms in total. The summed E-state index contributed by atoms with van der Waals surface area (Å²) in [5.41, 5.74) is 0.122. The van der Waals surface area contributed by atoms with Gasteiger partial charge in [-0.3, -0.25) is 9.20 Å². The summed E-state index contributed by atoms with van der Waals surface area (Å²) in [7, 11) is 0. The Hall–Kier alpha value is -3.43. The van der Waals surface area contributed by atoms with Gasteiger partial charge in [-0.15, -0.1) is 10.2 Å². The Morgan fingerprint density at radius 1 is 1.00 bits per heavy atom. The number of rotatable bonds is 3. The maximum Gasteiger partial charge on any atom is 0.416 e. The van der Waals surface area contributed by atoms with Gasteiger partial charge in [0.2, 0.25) is 5.82 Å². The van der Waals surface area contributed by atoms with Crippen LogP contribution in [-0.2, 0) is 6.18 Å². The van der Waals surface area contributed by atoms with Crippen LogP contribution < -0.4 is 0 Å². The van der Waals surface area contributed by atoms with Crippen LogP contribution in [0.15, 0.2) is 42.6 Å². The number of carbonyl (C=O) groups is 2. The quantitative estimate of drug-likeness (QED) is 0.666. The van der Waals surface area contributed by atoms with E-state index in [-0.39, 0.29) is 35.0 Å². The van der Waals surface area contributed by atoms with E-state index in [1.807, 2.05) is 0 Å². The first kappa shape index (κ1) is 20.5. The molecule has 1 N–H and O–H groups in total. The lowest BCUT2D eigenvalue weighted by Gasteiger charge is -2.21. The van der Waals surface area contributed by atoms with Crippen LogP contribution in [0.25, 0.3) is 5.65 Å². The third kappa shape index (κ3) is 3.39. The van der Waals surface area contributed by atoms with Gasteiger partial charge in [0.05, 0.1) is 11.1 Å². The van der Waals surface area contributed by atoms with Crippen molar-refractivity contribution < 1.29 is 27.9 Å². The molecule has 32 heavy (non-hydrogen) atoms. The van der Waals surface area contributed by atoms with Crippen molar-refractivity contribution in [3.05, 3.63) is 65.1 Å². The van der Waals surface area contributed by atoms with Crippen molar-refractivity contribution >= 4 is 17.5 Å². The van der Waals surface area contributed by atoms with Crippen molar-refractivity contribution in [1.29, 1.82) is 0 Å². The van der Waals surface area contributed by atoms with Gasteiger partial charge < -0.3 is 10.0 Å². The summed E-state index contributed by atoms with van der Waals surface area (Å²) >= 11 is 0. The highest BCUT2D eigenvalue weighted by Gasteiger charge is 2.45. The van der Waals surface area contributed by atoms with Gasteiger partial charge in [0.25, 0.3) is 5.91 Å². The molecular formula is C22H19F3N4O3. The summed E-state index contributed by atoms with van der Waals surface area (Å²) in [5, 5.41) is 17.1. The zero-order chi connectivity index (χ0) is 22.6. The molecule has 1 saturated heterocycles. The molecule has 1 saturated carbocycles. The summed E-state index contributed by atoms with van der Waals surface area (Å²) in [6.45, 7) is 0.865. The fraction of sp³-hybridized carbons (Fsp3) is 0.364. The van der Waals surface area contributed by atoms with Gasteiger partial charge in [0.15, 0.2) is 5.65 Å². The third-order valence-electron chi connectivity index (χ3n) is 6.58. The van der Waals surface area contributed by atoms with E-state index >= 15 is 0 Å². The zero-order valence-electron chi connectivity index (χ0n) is 16.8. The van der Waals surface area contributed by atoms with E-state index in [1.54, 1.807) is 17.0 Å². The van der Waals surface area contributed by atoms with E-state index in [4.69, 9.17) is 0 Å². The second kappa shape index (κ2) is 7.32. The molecule has 2 aliphatic rings. The molecule has 10 heteroatoms. The summed E-state index contributed by atoms with van der Waals surface area (Å²) in [6, 6.07) is 8.59. The van der Waals surface area contributed by atoms with Gasteiger partial charge >= 0.3 is 12.1 Å². The van der Waals surface area contributed by atoms with Crippen molar-refractivity contribution in [3.63, 3.8) is 0 Å². The number of fused-ring (bicyclic) bond motifs is 2. The Morgan fingerprint density at radius 3 is 2.34 bits per heavy atom. The van der Waals surface area contributed by atoms with E-state index < -0.39 is 17.7 Å². The maximum atomic E-state index is 13.4. The van der Waals surface area contributed by atoms with E-state index in [1.165, 1.54) is 28.8 Å². The SMILES string of the molecule is O=C(O)c1ccc2nnc(C(=O)N3CC4CC(c5ccccc5C(F)(F)F)CC4C3)n2c1. The molecule has 3 aromatic rings. The zero-order valence-corrected chi connectivity index (χ0v) is 16.8. The Balaban J connectivity index is 1.34. The number of pyridine rings is 1. The van der Waals surface area contributed by atoms with Crippen molar-refractivity contribution in [1.82, 2.24) is 19.5 Å². The topological polar surface area (TPSA) is 87.8 Å². The van der Waals surface area contributed by atoms with Crippen LogP contribution >= 0.6 is 0 Å². The number of carbonyl (C=O) groups excluding carboxylic acids is 1. The molecule has 0 bridgehead atoms. The largest absolute Gasteiger partial charge is 0.478 e. The molecule has 3 heterocycles. The lowest BCUT2D eigenvalue weighted by atomic mass is 9.91. The molecule has 5 rings (SSSR count). The molecule has 2 aromatic heterocycles. The fourth-order valence-electron chi connectivity index (χ4n) is 5.14. The lowest BCUT2D eigenvalue weighted by molar-refractivity contribution is -0.138. The molecule has 1 aromatic carbocycles.